The first-order chi connectivity index (χ1) is 20.1. The molecule has 0 aliphatic heterocycles. The average molecular weight is 559 g/mol. The van der Waals surface area contributed by atoms with E-state index in [0.717, 1.165) is 45.0 Å². The van der Waals surface area contributed by atoms with Gasteiger partial charge in [-0.25, -0.2) is 0 Å². The van der Waals surface area contributed by atoms with Gasteiger partial charge in [-0.1, -0.05) is 66.4 Å². The van der Waals surface area contributed by atoms with E-state index < -0.39 is 0 Å². The Morgan fingerprint density at radius 2 is 1.51 bits per heavy atom. The second-order valence-electron chi connectivity index (χ2n) is 9.91. The van der Waals surface area contributed by atoms with Crippen molar-refractivity contribution >= 4 is 45.6 Å². The van der Waals surface area contributed by atoms with Gasteiger partial charge >= 0.3 is 0 Å². The fourth-order valence-corrected chi connectivity index (χ4v) is 5.72. The maximum atomic E-state index is 13.0. The van der Waals surface area contributed by atoms with Crippen LogP contribution in [0.5, 0.6) is 0 Å². The van der Waals surface area contributed by atoms with Crippen LogP contribution in [0, 0.1) is 0 Å². The largest absolute Gasteiger partial charge is 0.360 e. The van der Waals surface area contributed by atoms with Gasteiger partial charge in [-0.3, -0.25) is 9.36 Å². The van der Waals surface area contributed by atoms with Crippen LogP contribution in [0.3, 0.4) is 0 Å². The van der Waals surface area contributed by atoms with Gasteiger partial charge < -0.3 is 15.2 Å². The van der Waals surface area contributed by atoms with Crippen molar-refractivity contribution in [2.45, 2.75) is 25.0 Å². The molecule has 4 aromatic carbocycles. The Kier molecular flexibility index (Phi) is 7.56. The quantitative estimate of drug-likeness (QED) is 0.178. The number of rotatable bonds is 9. The molecule has 6 aromatic rings. The van der Waals surface area contributed by atoms with Crippen molar-refractivity contribution in [2.24, 2.45) is 0 Å². The van der Waals surface area contributed by atoms with E-state index in [9.17, 15) is 4.79 Å². The Hall–Kier alpha value is -4.82. The van der Waals surface area contributed by atoms with Gasteiger partial charge in [0.2, 0.25) is 5.91 Å². The second-order valence-corrected chi connectivity index (χ2v) is 10.9. The summed E-state index contributed by atoms with van der Waals surface area (Å²) in [5, 5.41) is 13.8. The average Bonchev–Trinajstić information content (AvgIpc) is 3.62. The van der Waals surface area contributed by atoms with E-state index in [1.54, 1.807) is 0 Å². The zero-order valence-electron chi connectivity index (χ0n) is 22.9. The Labute approximate surface area is 243 Å². The Balaban J connectivity index is 1.19. The van der Waals surface area contributed by atoms with Crippen molar-refractivity contribution in [3.63, 3.8) is 0 Å². The molecular weight excluding hydrogens is 528 g/mol. The smallest absolute Gasteiger partial charge is 0.234 e. The minimum absolute atomic E-state index is 0.109. The molecule has 0 bridgehead atoms. The molecular formula is C33H30N6OS. The lowest BCUT2D eigenvalue weighted by Crippen LogP contribution is -2.25. The SMILES string of the molecule is CC(C)N(c1ccccc1)c1ccc(NC(=O)CSc2nnc(-c3c[nH]c4ccccc34)n2-c2ccccc2)cc1. The monoisotopic (exact) mass is 558 g/mol. The highest BCUT2D eigenvalue weighted by molar-refractivity contribution is 7.99. The molecule has 0 spiro atoms. The zero-order valence-corrected chi connectivity index (χ0v) is 23.7. The number of nitrogens with zero attached hydrogens (tertiary/aromatic N) is 4. The first kappa shape index (κ1) is 26.4. The summed E-state index contributed by atoms with van der Waals surface area (Å²) < 4.78 is 2.01. The van der Waals surface area contributed by atoms with Crippen molar-refractivity contribution in [1.29, 1.82) is 0 Å². The van der Waals surface area contributed by atoms with Crippen LogP contribution in [0.2, 0.25) is 0 Å². The van der Waals surface area contributed by atoms with Crippen LogP contribution < -0.4 is 10.2 Å². The van der Waals surface area contributed by atoms with Crippen LogP contribution in [-0.4, -0.2) is 37.5 Å². The van der Waals surface area contributed by atoms with Gasteiger partial charge in [0.05, 0.1) is 5.75 Å². The number of hydrogen-bond acceptors (Lipinski definition) is 5. The molecule has 0 unspecified atom stereocenters. The number of para-hydroxylation sites is 3. The molecule has 41 heavy (non-hydrogen) atoms. The third kappa shape index (κ3) is 5.60. The minimum Gasteiger partial charge on any atom is -0.360 e. The molecule has 6 rings (SSSR count). The first-order valence-electron chi connectivity index (χ1n) is 13.5. The number of aromatic amines is 1. The summed E-state index contributed by atoms with van der Waals surface area (Å²) in [7, 11) is 0. The number of hydrogen-bond donors (Lipinski definition) is 2. The molecule has 8 heteroatoms. The van der Waals surface area contributed by atoms with Gasteiger partial charge in [-0.2, -0.15) is 0 Å². The van der Waals surface area contributed by atoms with Crippen molar-refractivity contribution in [2.75, 3.05) is 16.0 Å². The molecule has 0 saturated heterocycles. The van der Waals surface area contributed by atoms with E-state index >= 15 is 0 Å². The molecule has 0 saturated carbocycles. The van der Waals surface area contributed by atoms with Crippen LogP contribution in [0.4, 0.5) is 17.1 Å². The van der Waals surface area contributed by atoms with Gasteiger partial charge in [0, 0.05) is 51.5 Å². The highest BCUT2D eigenvalue weighted by atomic mass is 32.2. The Morgan fingerprint density at radius 1 is 0.854 bits per heavy atom. The van der Waals surface area contributed by atoms with E-state index in [1.165, 1.54) is 11.8 Å². The summed E-state index contributed by atoms with van der Waals surface area (Å²) in [4.78, 5) is 18.6. The third-order valence-corrected chi connectivity index (χ3v) is 7.72. The maximum Gasteiger partial charge on any atom is 0.234 e. The normalized spacial score (nSPS) is 11.2. The van der Waals surface area contributed by atoms with Gasteiger partial charge in [0.15, 0.2) is 11.0 Å². The summed E-state index contributed by atoms with van der Waals surface area (Å²) in [6.45, 7) is 4.33. The second kappa shape index (κ2) is 11.7. The van der Waals surface area contributed by atoms with Crippen molar-refractivity contribution in [3.8, 4) is 17.1 Å². The van der Waals surface area contributed by atoms with E-state index in [-0.39, 0.29) is 17.7 Å². The highest BCUT2D eigenvalue weighted by Crippen LogP contribution is 2.33. The van der Waals surface area contributed by atoms with E-state index in [4.69, 9.17) is 0 Å². The molecule has 0 radical (unpaired) electrons. The molecule has 2 aromatic heterocycles. The number of carbonyl (C=O) groups excluding carboxylic acids is 1. The molecule has 7 nitrogen and oxygen atoms in total. The van der Waals surface area contributed by atoms with E-state index in [1.807, 2.05) is 102 Å². The molecule has 0 aliphatic rings. The minimum atomic E-state index is -0.109. The van der Waals surface area contributed by atoms with Crippen LogP contribution in [0.25, 0.3) is 28.0 Å². The third-order valence-electron chi connectivity index (χ3n) is 6.79. The standard InChI is InChI=1S/C33H30N6OS/c1-23(2)38(25-11-5-3-6-12-25)27-19-17-24(18-20-27)35-31(40)22-41-33-37-36-32(39(33)26-13-7-4-8-14-26)29-21-34-30-16-10-9-15-28(29)30/h3-21,23,34H,22H2,1-2H3,(H,35,40). The molecule has 0 fully saturated rings. The fourth-order valence-electron chi connectivity index (χ4n) is 4.97. The molecule has 0 atom stereocenters. The van der Waals surface area contributed by atoms with Gasteiger partial charge in [-0.15, -0.1) is 10.2 Å². The Bertz CT molecular complexity index is 1760. The summed E-state index contributed by atoms with van der Waals surface area (Å²) in [5.74, 6) is 0.811. The predicted molar refractivity (Wildman–Crippen MR) is 168 cm³/mol. The highest BCUT2D eigenvalue weighted by Gasteiger charge is 2.20. The molecule has 2 heterocycles. The lowest BCUT2D eigenvalue weighted by Gasteiger charge is -2.29. The van der Waals surface area contributed by atoms with Crippen molar-refractivity contribution in [3.05, 3.63) is 115 Å². The fraction of sp³-hybridized carbons (Fsp3) is 0.121. The zero-order chi connectivity index (χ0) is 28.2. The number of thioether (sulfide) groups is 1. The lowest BCUT2D eigenvalue weighted by molar-refractivity contribution is -0.113. The van der Waals surface area contributed by atoms with Crippen molar-refractivity contribution < 1.29 is 4.79 Å². The van der Waals surface area contributed by atoms with Gasteiger partial charge in [0.1, 0.15) is 0 Å². The molecule has 204 valence electrons. The van der Waals surface area contributed by atoms with E-state index in [2.05, 4.69) is 57.4 Å². The first-order valence-corrected chi connectivity index (χ1v) is 14.5. The predicted octanol–water partition coefficient (Wildman–Crippen LogP) is 7.69. The number of carbonyl (C=O) groups is 1. The Morgan fingerprint density at radius 3 is 2.24 bits per heavy atom. The van der Waals surface area contributed by atoms with Crippen LogP contribution in [0.1, 0.15) is 13.8 Å². The topological polar surface area (TPSA) is 78.8 Å². The summed E-state index contributed by atoms with van der Waals surface area (Å²) >= 11 is 1.36. The summed E-state index contributed by atoms with van der Waals surface area (Å²) in [6.07, 6.45) is 1.96. The van der Waals surface area contributed by atoms with Crippen LogP contribution in [0.15, 0.2) is 121 Å². The maximum absolute atomic E-state index is 13.0. The number of aromatic nitrogens is 4. The van der Waals surface area contributed by atoms with Gasteiger partial charge in [0.25, 0.3) is 0 Å². The van der Waals surface area contributed by atoms with Crippen LogP contribution in [-0.2, 0) is 4.79 Å². The number of benzene rings is 4. The van der Waals surface area contributed by atoms with Crippen LogP contribution >= 0.6 is 11.8 Å². The van der Waals surface area contributed by atoms with E-state index in [0.29, 0.717) is 5.16 Å². The van der Waals surface area contributed by atoms with Gasteiger partial charge in [-0.05, 0) is 68.4 Å². The number of fused-ring (bicyclic) bond motifs is 1. The molecule has 0 aliphatic carbocycles. The molecule has 2 N–H and O–H groups in total. The summed E-state index contributed by atoms with van der Waals surface area (Å²) in [5.41, 5.74) is 5.87. The number of H-pyrrole nitrogens is 1. The van der Waals surface area contributed by atoms with Crippen molar-refractivity contribution in [1.82, 2.24) is 19.7 Å². The molecule has 1 amide bonds. The lowest BCUT2D eigenvalue weighted by atomic mass is 10.1. The number of amides is 1. The number of nitrogens with one attached hydrogen (secondary N) is 2. The number of anilines is 3. The summed E-state index contributed by atoms with van der Waals surface area (Å²) in [6, 6.07) is 36.6.